The van der Waals surface area contributed by atoms with E-state index in [1.54, 1.807) is 19.1 Å². The molecule has 0 saturated heterocycles. The van der Waals surface area contributed by atoms with E-state index < -0.39 is 11.8 Å². The minimum absolute atomic E-state index is 0.0768. The maximum Gasteiger partial charge on any atom is 0.371 e. The number of furan rings is 1. The highest BCUT2D eigenvalue weighted by molar-refractivity contribution is 5.84. The van der Waals surface area contributed by atoms with Crippen LogP contribution in [0.3, 0.4) is 0 Å². The SMILES string of the molecule is Cc1oc(C(=O)O)cc1CNc1cccc(F)c1C#N. The van der Waals surface area contributed by atoms with Gasteiger partial charge in [-0.1, -0.05) is 6.07 Å². The predicted molar refractivity (Wildman–Crippen MR) is 68.8 cm³/mol. The number of anilines is 1. The summed E-state index contributed by atoms with van der Waals surface area (Å²) in [5.41, 5.74) is 0.910. The molecule has 0 aliphatic carbocycles. The molecule has 2 N–H and O–H groups in total. The van der Waals surface area contributed by atoms with Crippen LogP contribution in [-0.2, 0) is 6.54 Å². The number of nitriles is 1. The van der Waals surface area contributed by atoms with Gasteiger partial charge in [0.1, 0.15) is 23.2 Å². The lowest BCUT2D eigenvalue weighted by Gasteiger charge is -2.07. The molecule has 2 aromatic rings. The quantitative estimate of drug-likeness (QED) is 0.895. The molecule has 1 aromatic heterocycles. The third-order valence-electron chi connectivity index (χ3n) is 2.83. The molecule has 2 rings (SSSR count). The number of nitrogens with one attached hydrogen (secondary N) is 1. The highest BCUT2D eigenvalue weighted by Crippen LogP contribution is 2.20. The highest BCUT2D eigenvalue weighted by Gasteiger charge is 2.14. The van der Waals surface area contributed by atoms with Gasteiger partial charge >= 0.3 is 5.97 Å². The van der Waals surface area contributed by atoms with Gasteiger partial charge in [0.25, 0.3) is 0 Å². The first-order valence-electron chi connectivity index (χ1n) is 5.78. The number of aryl methyl sites for hydroxylation is 1. The Morgan fingerprint density at radius 1 is 1.55 bits per heavy atom. The lowest BCUT2D eigenvalue weighted by molar-refractivity contribution is 0.0661. The summed E-state index contributed by atoms with van der Waals surface area (Å²) >= 11 is 0. The van der Waals surface area contributed by atoms with Crippen molar-refractivity contribution in [2.45, 2.75) is 13.5 Å². The van der Waals surface area contributed by atoms with Crippen LogP contribution in [0.4, 0.5) is 10.1 Å². The molecule has 102 valence electrons. The second-order valence-corrected chi connectivity index (χ2v) is 4.12. The van der Waals surface area contributed by atoms with E-state index in [1.807, 2.05) is 0 Å². The van der Waals surface area contributed by atoms with Gasteiger partial charge in [-0.15, -0.1) is 0 Å². The molecular formula is C14H11FN2O3. The molecule has 20 heavy (non-hydrogen) atoms. The number of carboxylic acid groups (broad SMARTS) is 1. The minimum Gasteiger partial charge on any atom is -0.475 e. The van der Waals surface area contributed by atoms with Crippen LogP contribution in [0, 0.1) is 24.1 Å². The summed E-state index contributed by atoms with van der Waals surface area (Å²) in [6, 6.07) is 7.45. The second-order valence-electron chi connectivity index (χ2n) is 4.12. The van der Waals surface area contributed by atoms with Crippen molar-refractivity contribution in [3.63, 3.8) is 0 Å². The highest BCUT2D eigenvalue weighted by atomic mass is 19.1. The van der Waals surface area contributed by atoms with Gasteiger partial charge in [0, 0.05) is 12.1 Å². The number of aromatic carboxylic acids is 1. The minimum atomic E-state index is -1.15. The maximum atomic E-state index is 13.4. The van der Waals surface area contributed by atoms with Crippen LogP contribution in [0.1, 0.15) is 27.4 Å². The molecule has 0 atom stereocenters. The Kier molecular flexibility index (Phi) is 3.71. The van der Waals surface area contributed by atoms with E-state index in [9.17, 15) is 9.18 Å². The fourth-order valence-corrected chi connectivity index (χ4v) is 1.78. The monoisotopic (exact) mass is 274 g/mol. The van der Waals surface area contributed by atoms with E-state index in [2.05, 4.69) is 5.32 Å². The van der Waals surface area contributed by atoms with E-state index in [0.717, 1.165) is 0 Å². The average molecular weight is 274 g/mol. The van der Waals surface area contributed by atoms with Crippen molar-refractivity contribution >= 4 is 11.7 Å². The van der Waals surface area contributed by atoms with Crippen molar-refractivity contribution in [3.05, 3.63) is 52.7 Å². The Morgan fingerprint density at radius 2 is 2.30 bits per heavy atom. The molecule has 0 amide bonds. The molecule has 0 bridgehead atoms. The molecule has 0 aliphatic rings. The fourth-order valence-electron chi connectivity index (χ4n) is 1.78. The standard InChI is InChI=1S/C14H11FN2O3/c1-8-9(5-13(20-8)14(18)19)7-17-12-4-2-3-11(15)10(12)6-16/h2-5,17H,7H2,1H3,(H,18,19). The summed E-state index contributed by atoms with van der Waals surface area (Å²) in [7, 11) is 0. The Balaban J connectivity index is 2.20. The summed E-state index contributed by atoms with van der Waals surface area (Å²) in [5.74, 6) is -1.45. The van der Waals surface area contributed by atoms with Crippen LogP contribution in [-0.4, -0.2) is 11.1 Å². The van der Waals surface area contributed by atoms with Gasteiger partial charge in [0.15, 0.2) is 0 Å². The van der Waals surface area contributed by atoms with Gasteiger partial charge in [-0.05, 0) is 25.1 Å². The van der Waals surface area contributed by atoms with Gasteiger partial charge < -0.3 is 14.8 Å². The first-order chi connectivity index (χ1) is 9.52. The van der Waals surface area contributed by atoms with Gasteiger partial charge in [0.05, 0.1) is 5.69 Å². The van der Waals surface area contributed by atoms with Gasteiger partial charge in [-0.25, -0.2) is 9.18 Å². The zero-order chi connectivity index (χ0) is 14.7. The molecule has 5 nitrogen and oxygen atoms in total. The molecule has 0 fully saturated rings. The van der Waals surface area contributed by atoms with Crippen molar-refractivity contribution < 1.29 is 18.7 Å². The van der Waals surface area contributed by atoms with Crippen LogP contribution in [0.2, 0.25) is 0 Å². The average Bonchev–Trinajstić information content (AvgIpc) is 2.78. The van der Waals surface area contributed by atoms with Crippen molar-refractivity contribution in [2.75, 3.05) is 5.32 Å². The summed E-state index contributed by atoms with van der Waals surface area (Å²) in [5, 5.41) is 20.6. The molecule has 0 saturated carbocycles. The Bertz CT molecular complexity index is 701. The lowest BCUT2D eigenvalue weighted by Crippen LogP contribution is -2.02. The molecule has 1 heterocycles. The normalized spacial score (nSPS) is 10.1. The number of benzene rings is 1. The third-order valence-corrected chi connectivity index (χ3v) is 2.83. The van der Waals surface area contributed by atoms with E-state index in [0.29, 0.717) is 17.0 Å². The first-order valence-corrected chi connectivity index (χ1v) is 5.78. The van der Waals surface area contributed by atoms with Crippen molar-refractivity contribution in [3.8, 4) is 6.07 Å². The summed E-state index contributed by atoms with van der Waals surface area (Å²) < 4.78 is 18.5. The van der Waals surface area contributed by atoms with Gasteiger partial charge in [-0.3, -0.25) is 0 Å². The van der Waals surface area contributed by atoms with Gasteiger partial charge in [-0.2, -0.15) is 5.26 Å². The van der Waals surface area contributed by atoms with Crippen LogP contribution < -0.4 is 5.32 Å². The molecule has 6 heteroatoms. The van der Waals surface area contributed by atoms with Crippen LogP contribution in [0.5, 0.6) is 0 Å². The number of hydrogen-bond donors (Lipinski definition) is 2. The number of carbonyl (C=O) groups is 1. The van der Waals surface area contributed by atoms with E-state index in [1.165, 1.54) is 18.2 Å². The van der Waals surface area contributed by atoms with E-state index >= 15 is 0 Å². The number of nitrogens with zero attached hydrogens (tertiary/aromatic N) is 1. The zero-order valence-corrected chi connectivity index (χ0v) is 10.6. The summed E-state index contributed by atoms with van der Waals surface area (Å²) in [4.78, 5) is 10.8. The van der Waals surface area contributed by atoms with E-state index in [-0.39, 0.29) is 17.9 Å². The number of carboxylic acids is 1. The molecule has 0 radical (unpaired) electrons. The van der Waals surface area contributed by atoms with Crippen LogP contribution >= 0.6 is 0 Å². The van der Waals surface area contributed by atoms with Crippen molar-refractivity contribution in [1.82, 2.24) is 0 Å². The number of hydrogen-bond acceptors (Lipinski definition) is 4. The van der Waals surface area contributed by atoms with Gasteiger partial charge in [0.2, 0.25) is 5.76 Å². The maximum absolute atomic E-state index is 13.4. The van der Waals surface area contributed by atoms with E-state index in [4.69, 9.17) is 14.8 Å². The molecule has 0 aliphatic heterocycles. The lowest BCUT2D eigenvalue weighted by atomic mass is 10.1. The smallest absolute Gasteiger partial charge is 0.371 e. The Hall–Kier alpha value is -2.81. The summed E-state index contributed by atoms with van der Waals surface area (Å²) in [6.07, 6.45) is 0. The zero-order valence-electron chi connectivity index (χ0n) is 10.6. The third kappa shape index (κ3) is 2.62. The number of rotatable bonds is 4. The predicted octanol–water partition coefficient (Wildman–Crippen LogP) is 2.91. The van der Waals surface area contributed by atoms with Crippen molar-refractivity contribution in [2.24, 2.45) is 0 Å². The number of halogens is 1. The van der Waals surface area contributed by atoms with Crippen LogP contribution in [0.25, 0.3) is 0 Å². The topological polar surface area (TPSA) is 86.3 Å². The molecule has 0 unspecified atom stereocenters. The van der Waals surface area contributed by atoms with Crippen molar-refractivity contribution in [1.29, 1.82) is 5.26 Å². The first kappa shape index (κ1) is 13.6. The van der Waals surface area contributed by atoms with Crippen LogP contribution in [0.15, 0.2) is 28.7 Å². The molecular weight excluding hydrogens is 263 g/mol. The second kappa shape index (κ2) is 5.45. The fraction of sp³-hybridized carbons (Fsp3) is 0.143. The Morgan fingerprint density at radius 3 is 2.90 bits per heavy atom. The molecule has 1 aromatic carbocycles. The largest absolute Gasteiger partial charge is 0.475 e. The molecule has 0 spiro atoms. The summed E-state index contributed by atoms with van der Waals surface area (Å²) in [6.45, 7) is 1.88. The Labute approximate surface area is 114 Å².